The molecule has 0 spiro atoms. The van der Waals surface area contributed by atoms with Gasteiger partial charge in [0.25, 0.3) is 0 Å². The molecule has 0 aromatic carbocycles. The molecule has 1 saturated heterocycles. The maximum Gasteiger partial charge on any atom is 0.222 e. The zero-order chi connectivity index (χ0) is 14.0. The van der Waals surface area contributed by atoms with Crippen molar-refractivity contribution < 1.29 is 0 Å². The molecule has 0 aliphatic carbocycles. The number of aromatic nitrogens is 2. The third kappa shape index (κ3) is 3.50. The molecule has 1 aliphatic rings. The van der Waals surface area contributed by atoms with Crippen molar-refractivity contribution in [1.82, 2.24) is 9.97 Å². The van der Waals surface area contributed by atoms with E-state index in [0.717, 1.165) is 24.8 Å². The highest BCUT2D eigenvalue weighted by atomic mass is 35.5. The van der Waals surface area contributed by atoms with Crippen LogP contribution in [-0.2, 0) is 0 Å². The molecule has 1 aliphatic heterocycles. The summed E-state index contributed by atoms with van der Waals surface area (Å²) in [6.07, 6.45) is 5.19. The van der Waals surface area contributed by atoms with E-state index in [9.17, 15) is 0 Å². The summed E-state index contributed by atoms with van der Waals surface area (Å²) in [5.41, 5.74) is 6.03. The summed E-state index contributed by atoms with van der Waals surface area (Å²) >= 11 is 6.19. The first-order chi connectivity index (χ1) is 8.88. The van der Waals surface area contributed by atoms with Gasteiger partial charge in [-0.05, 0) is 30.6 Å². The Morgan fingerprint density at radius 2 is 2.05 bits per heavy atom. The van der Waals surface area contributed by atoms with E-state index in [2.05, 4.69) is 35.6 Å². The second-order valence-corrected chi connectivity index (χ2v) is 6.79. The third-order valence-electron chi connectivity index (χ3n) is 4.00. The van der Waals surface area contributed by atoms with Gasteiger partial charge in [0.1, 0.15) is 5.02 Å². The predicted molar refractivity (Wildman–Crippen MR) is 80.5 cm³/mol. The molecule has 1 aromatic heterocycles. The van der Waals surface area contributed by atoms with Crippen molar-refractivity contribution in [3.63, 3.8) is 0 Å². The van der Waals surface area contributed by atoms with Crippen LogP contribution in [-0.4, -0.2) is 23.1 Å². The second-order valence-electron chi connectivity index (χ2n) is 6.38. The van der Waals surface area contributed by atoms with Crippen molar-refractivity contribution in [3.05, 3.63) is 11.2 Å². The lowest BCUT2D eigenvalue weighted by atomic mass is 9.77. The van der Waals surface area contributed by atoms with E-state index < -0.39 is 0 Å². The van der Waals surface area contributed by atoms with Crippen molar-refractivity contribution in [2.45, 2.75) is 40.0 Å². The minimum Gasteiger partial charge on any atom is -0.368 e. The molecule has 1 atom stereocenters. The predicted octanol–water partition coefficient (Wildman–Crippen LogP) is 3.36. The summed E-state index contributed by atoms with van der Waals surface area (Å²) in [5.74, 6) is 1.82. The van der Waals surface area contributed by atoms with E-state index in [1.807, 2.05) is 0 Å². The van der Waals surface area contributed by atoms with Gasteiger partial charge in [0.05, 0.1) is 6.20 Å². The van der Waals surface area contributed by atoms with Crippen LogP contribution >= 0.6 is 11.6 Å². The van der Waals surface area contributed by atoms with Crippen LogP contribution in [0.25, 0.3) is 0 Å². The summed E-state index contributed by atoms with van der Waals surface area (Å²) < 4.78 is 0. The van der Waals surface area contributed by atoms with Crippen LogP contribution in [0.1, 0.15) is 40.0 Å². The topological polar surface area (TPSA) is 55.0 Å². The Bertz CT molecular complexity index is 442. The highest BCUT2D eigenvalue weighted by Gasteiger charge is 2.28. The van der Waals surface area contributed by atoms with Crippen molar-refractivity contribution in [2.24, 2.45) is 11.3 Å². The van der Waals surface area contributed by atoms with Crippen LogP contribution < -0.4 is 10.6 Å². The fraction of sp³-hybridized carbons (Fsp3) is 0.714. The Morgan fingerprint density at radius 3 is 2.74 bits per heavy atom. The van der Waals surface area contributed by atoms with E-state index in [0.29, 0.717) is 10.4 Å². The summed E-state index contributed by atoms with van der Waals surface area (Å²) in [6, 6.07) is 0. The molecule has 106 valence electrons. The standard InChI is InChI=1S/C14H23ClN4/c1-14(2,3)10-5-4-7-19(8-6-10)12-11(15)9-17-13(16)18-12/h9-10H,4-8H2,1-3H3,(H2,16,17,18). The molecule has 2 N–H and O–H groups in total. The smallest absolute Gasteiger partial charge is 0.222 e. The Hall–Kier alpha value is -1.03. The number of halogens is 1. The quantitative estimate of drug-likeness (QED) is 0.858. The second kappa shape index (κ2) is 5.53. The number of hydrogen-bond acceptors (Lipinski definition) is 4. The normalized spacial score (nSPS) is 21.3. The highest BCUT2D eigenvalue weighted by molar-refractivity contribution is 6.32. The molecular weight excluding hydrogens is 260 g/mol. The fourth-order valence-electron chi connectivity index (χ4n) is 2.77. The molecule has 0 radical (unpaired) electrons. The maximum absolute atomic E-state index is 6.19. The zero-order valence-corrected chi connectivity index (χ0v) is 12.7. The van der Waals surface area contributed by atoms with Crippen LogP contribution in [0.5, 0.6) is 0 Å². The minimum atomic E-state index is 0.288. The van der Waals surface area contributed by atoms with Crippen LogP contribution in [0.4, 0.5) is 11.8 Å². The van der Waals surface area contributed by atoms with E-state index in [1.54, 1.807) is 6.20 Å². The monoisotopic (exact) mass is 282 g/mol. The molecule has 1 fully saturated rings. The largest absolute Gasteiger partial charge is 0.368 e. The molecule has 4 nitrogen and oxygen atoms in total. The highest BCUT2D eigenvalue weighted by Crippen LogP contribution is 2.35. The SMILES string of the molecule is CC(C)(C)C1CCCN(c2nc(N)ncc2Cl)CC1. The average Bonchev–Trinajstić information content (AvgIpc) is 2.57. The number of nitrogens with two attached hydrogens (primary N) is 1. The molecule has 2 rings (SSSR count). The lowest BCUT2D eigenvalue weighted by molar-refractivity contribution is 0.220. The molecule has 1 unspecified atom stereocenters. The number of nitrogen functional groups attached to an aromatic ring is 1. The van der Waals surface area contributed by atoms with E-state index >= 15 is 0 Å². The maximum atomic E-state index is 6.19. The molecule has 5 heteroatoms. The molecule has 2 heterocycles. The van der Waals surface area contributed by atoms with Crippen molar-refractivity contribution >= 4 is 23.4 Å². The van der Waals surface area contributed by atoms with Gasteiger partial charge in [-0.1, -0.05) is 32.4 Å². The summed E-state index contributed by atoms with van der Waals surface area (Å²) in [7, 11) is 0. The first-order valence-corrected chi connectivity index (χ1v) is 7.28. The first-order valence-electron chi connectivity index (χ1n) is 6.91. The number of rotatable bonds is 1. The van der Waals surface area contributed by atoms with Gasteiger partial charge in [0, 0.05) is 13.1 Å². The van der Waals surface area contributed by atoms with E-state index in [-0.39, 0.29) is 5.95 Å². The van der Waals surface area contributed by atoms with E-state index in [1.165, 1.54) is 19.3 Å². The summed E-state index contributed by atoms with van der Waals surface area (Å²) in [4.78, 5) is 10.4. The Morgan fingerprint density at radius 1 is 1.32 bits per heavy atom. The minimum absolute atomic E-state index is 0.288. The lowest BCUT2D eigenvalue weighted by Gasteiger charge is -2.30. The number of nitrogens with zero attached hydrogens (tertiary/aromatic N) is 3. The lowest BCUT2D eigenvalue weighted by Crippen LogP contribution is -2.27. The molecular formula is C14H23ClN4. The van der Waals surface area contributed by atoms with Crippen molar-refractivity contribution in [2.75, 3.05) is 23.7 Å². The van der Waals surface area contributed by atoms with Gasteiger partial charge in [-0.15, -0.1) is 0 Å². The van der Waals surface area contributed by atoms with Gasteiger partial charge >= 0.3 is 0 Å². The zero-order valence-electron chi connectivity index (χ0n) is 12.0. The molecule has 0 bridgehead atoms. The van der Waals surface area contributed by atoms with Crippen LogP contribution in [0, 0.1) is 11.3 Å². The first kappa shape index (κ1) is 14.4. The molecule has 19 heavy (non-hydrogen) atoms. The van der Waals surface area contributed by atoms with Crippen molar-refractivity contribution in [1.29, 1.82) is 0 Å². The van der Waals surface area contributed by atoms with Gasteiger partial charge in [-0.25, -0.2) is 4.98 Å². The Balaban J connectivity index is 2.13. The van der Waals surface area contributed by atoms with Gasteiger partial charge in [-0.3, -0.25) is 0 Å². The van der Waals surface area contributed by atoms with Gasteiger partial charge in [0.2, 0.25) is 5.95 Å². The number of anilines is 2. The van der Waals surface area contributed by atoms with Crippen LogP contribution in [0.3, 0.4) is 0 Å². The molecule has 0 saturated carbocycles. The van der Waals surface area contributed by atoms with E-state index in [4.69, 9.17) is 17.3 Å². The van der Waals surface area contributed by atoms with Gasteiger partial charge < -0.3 is 10.6 Å². The Labute approximate surface area is 120 Å². The summed E-state index contributed by atoms with van der Waals surface area (Å²) in [5, 5.41) is 0.586. The third-order valence-corrected chi connectivity index (χ3v) is 4.26. The fourth-order valence-corrected chi connectivity index (χ4v) is 2.98. The molecule has 1 aromatic rings. The van der Waals surface area contributed by atoms with Crippen LogP contribution in [0.2, 0.25) is 5.02 Å². The van der Waals surface area contributed by atoms with Crippen LogP contribution in [0.15, 0.2) is 6.20 Å². The van der Waals surface area contributed by atoms with Gasteiger partial charge in [0.15, 0.2) is 5.82 Å². The average molecular weight is 283 g/mol. The molecule has 0 amide bonds. The number of hydrogen-bond donors (Lipinski definition) is 1. The van der Waals surface area contributed by atoms with Gasteiger partial charge in [-0.2, -0.15) is 4.98 Å². The Kier molecular flexibility index (Phi) is 4.19. The summed E-state index contributed by atoms with van der Waals surface area (Å²) in [6.45, 7) is 8.94. The van der Waals surface area contributed by atoms with Crippen molar-refractivity contribution in [3.8, 4) is 0 Å².